The van der Waals surface area contributed by atoms with E-state index in [-0.39, 0.29) is 0 Å². The van der Waals surface area contributed by atoms with E-state index in [4.69, 9.17) is 24.6 Å². The Morgan fingerprint density at radius 2 is 1.76 bits per heavy atom. The lowest BCUT2D eigenvalue weighted by Gasteiger charge is -2.28. The average Bonchev–Trinajstić information content (AvgIpc) is 3.50. The summed E-state index contributed by atoms with van der Waals surface area (Å²) in [6, 6.07) is 0.623. The van der Waals surface area contributed by atoms with Crippen molar-refractivity contribution >= 4 is 17.7 Å². The van der Waals surface area contributed by atoms with Crippen molar-refractivity contribution in [1.29, 1.82) is 0 Å². The molecule has 2 aliphatic heterocycles. The highest BCUT2D eigenvalue weighted by atomic mass is 19.4. The van der Waals surface area contributed by atoms with Crippen LogP contribution in [0, 0.1) is 0 Å². The molecular formula is C18H26F3N5O3. The Morgan fingerprint density at radius 3 is 2.34 bits per heavy atom. The first-order valence-electron chi connectivity index (χ1n) is 9.71. The average molecular weight is 417 g/mol. The Morgan fingerprint density at radius 1 is 1.14 bits per heavy atom. The van der Waals surface area contributed by atoms with Gasteiger partial charge in [-0.3, -0.25) is 0 Å². The zero-order valence-electron chi connectivity index (χ0n) is 16.3. The number of anilines is 2. The van der Waals surface area contributed by atoms with Gasteiger partial charge in [-0.05, 0) is 26.3 Å². The smallest absolute Gasteiger partial charge is 0.475 e. The van der Waals surface area contributed by atoms with E-state index in [0.717, 1.165) is 64.0 Å². The number of hydrogen-bond acceptors (Lipinski definition) is 7. The number of ether oxygens (including phenoxy) is 1. The van der Waals surface area contributed by atoms with E-state index in [1.54, 1.807) is 0 Å². The molecule has 0 unspecified atom stereocenters. The van der Waals surface area contributed by atoms with E-state index in [1.807, 2.05) is 0 Å². The third-order valence-electron chi connectivity index (χ3n) is 5.01. The molecule has 1 aromatic heterocycles. The van der Waals surface area contributed by atoms with Gasteiger partial charge in [-0.1, -0.05) is 0 Å². The molecule has 29 heavy (non-hydrogen) atoms. The van der Waals surface area contributed by atoms with Gasteiger partial charge in [0, 0.05) is 44.2 Å². The summed E-state index contributed by atoms with van der Waals surface area (Å²) in [6.07, 6.45) is -0.480. The lowest BCUT2D eigenvalue weighted by Crippen LogP contribution is -2.37. The highest BCUT2D eigenvalue weighted by Crippen LogP contribution is 2.30. The van der Waals surface area contributed by atoms with Gasteiger partial charge in [-0.2, -0.15) is 18.2 Å². The summed E-state index contributed by atoms with van der Waals surface area (Å²) in [7, 11) is 2.19. The SMILES string of the molecule is CN1CCc2nc(N3CCOCC3)nc(NC3CC3)c2CC1.O=C(O)C(F)(F)F. The molecule has 1 aliphatic carbocycles. The molecule has 0 bridgehead atoms. The molecule has 0 radical (unpaired) electrons. The number of aliphatic carboxylic acids is 1. The first kappa shape index (κ1) is 21.6. The molecule has 11 heteroatoms. The Bertz CT molecular complexity index is 721. The second kappa shape index (κ2) is 9.12. The van der Waals surface area contributed by atoms with Gasteiger partial charge in [0.05, 0.1) is 18.9 Å². The minimum Gasteiger partial charge on any atom is -0.475 e. The van der Waals surface area contributed by atoms with E-state index in [9.17, 15) is 13.2 Å². The number of rotatable bonds is 3. The number of alkyl halides is 3. The lowest BCUT2D eigenvalue weighted by atomic mass is 10.1. The molecule has 4 rings (SSSR count). The van der Waals surface area contributed by atoms with E-state index < -0.39 is 12.1 Å². The highest BCUT2D eigenvalue weighted by molar-refractivity contribution is 5.73. The third-order valence-corrected chi connectivity index (χ3v) is 5.01. The second-order valence-electron chi connectivity index (χ2n) is 7.42. The summed E-state index contributed by atoms with van der Waals surface area (Å²) in [6.45, 7) is 5.49. The first-order chi connectivity index (χ1) is 13.7. The van der Waals surface area contributed by atoms with Crippen LogP contribution in [-0.4, -0.2) is 84.6 Å². The van der Waals surface area contributed by atoms with Crippen LogP contribution in [-0.2, 0) is 22.4 Å². The fraction of sp³-hybridized carbons (Fsp3) is 0.722. The van der Waals surface area contributed by atoms with Gasteiger partial charge >= 0.3 is 12.1 Å². The summed E-state index contributed by atoms with van der Waals surface area (Å²) in [5, 5.41) is 10.8. The summed E-state index contributed by atoms with van der Waals surface area (Å²) < 4.78 is 37.2. The van der Waals surface area contributed by atoms with Crippen LogP contribution >= 0.6 is 0 Å². The van der Waals surface area contributed by atoms with Gasteiger partial charge in [-0.15, -0.1) is 0 Å². The van der Waals surface area contributed by atoms with Crippen LogP contribution in [0.2, 0.25) is 0 Å². The van der Waals surface area contributed by atoms with Crippen molar-refractivity contribution < 1.29 is 27.8 Å². The minimum absolute atomic E-state index is 0.623. The Labute approximate surface area is 167 Å². The maximum absolute atomic E-state index is 10.6. The third kappa shape index (κ3) is 6.17. The highest BCUT2D eigenvalue weighted by Gasteiger charge is 2.38. The van der Waals surface area contributed by atoms with Crippen LogP contribution in [0.25, 0.3) is 0 Å². The molecule has 162 valence electrons. The summed E-state index contributed by atoms with van der Waals surface area (Å²) in [4.78, 5) is 23.3. The number of nitrogens with one attached hydrogen (secondary N) is 1. The van der Waals surface area contributed by atoms with Crippen LogP contribution in [0.4, 0.5) is 24.9 Å². The van der Waals surface area contributed by atoms with Crippen LogP contribution in [0.3, 0.4) is 0 Å². The molecule has 0 atom stereocenters. The largest absolute Gasteiger partial charge is 0.490 e. The predicted octanol–water partition coefficient (Wildman–Crippen LogP) is 1.55. The van der Waals surface area contributed by atoms with Crippen LogP contribution < -0.4 is 10.2 Å². The van der Waals surface area contributed by atoms with Crippen molar-refractivity contribution in [1.82, 2.24) is 14.9 Å². The number of morpholine rings is 1. The molecule has 0 amide bonds. The maximum Gasteiger partial charge on any atom is 0.490 e. The van der Waals surface area contributed by atoms with Crippen LogP contribution in [0.5, 0.6) is 0 Å². The molecule has 3 aliphatic rings. The molecule has 1 aromatic rings. The number of aromatic nitrogens is 2. The first-order valence-corrected chi connectivity index (χ1v) is 9.71. The zero-order chi connectivity index (χ0) is 21.0. The van der Waals surface area contributed by atoms with Gasteiger partial charge < -0.3 is 25.0 Å². The normalized spacial score (nSPS) is 20.2. The fourth-order valence-corrected chi connectivity index (χ4v) is 3.14. The van der Waals surface area contributed by atoms with Crippen molar-refractivity contribution in [2.24, 2.45) is 0 Å². The second-order valence-corrected chi connectivity index (χ2v) is 7.42. The predicted molar refractivity (Wildman–Crippen MR) is 100 cm³/mol. The van der Waals surface area contributed by atoms with E-state index >= 15 is 0 Å². The number of likely N-dealkylation sites (N-methyl/N-ethyl adjacent to an activating group) is 1. The molecule has 2 N–H and O–H groups in total. The molecule has 0 spiro atoms. The fourth-order valence-electron chi connectivity index (χ4n) is 3.14. The monoisotopic (exact) mass is 417 g/mol. The van der Waals surface area contributed by atoms with Crippen molar-refractivity contribution in [2.45, 2.75) is 37.9 Å². The van der Waals surface area contributed by atoms with Crippen molar-refractivity contribution in [3.8, 4) is 0 Å². The lowest BCUT2D eigenvalue weighted by molar-refractivity contribution is -0.192. The molecule has 2 fully saturated rings. The standard InChI is InChI=1S/C16H25N5O.C2HF3O2/c1-20-6-4-13-14(5-7-20)18-16(21-8-10-22-11-9-21)19-15(13)17-12-2-3-12;3-2(4,5)1(6)7/h12H,2-11H2,1H3,(H,17,18,19);(H,6,7). The quantitative estimate of drug-likeness (QED) is 0.766. The van der Waals surface area contributed by atoms with Crippen molar-refractivity contribution in [3.05, 3.63) is 11.3 Å². The number of halogens is 3. The Hall–Kier alpha value is -2.14. The summed E-state index contributed by atoms with van der Waals surface area (Å²) >= 11 is 0. The maximum atomic E-state index is 10.6. The molecule has 3 heterocycles. The summed E-state index contributed by atoms with van der Waals surface area (Å²) in [5.41, 5.74) is 2.58. The topological polar surface area (TPSA) is 90.8 Å². The molecular weight excluding hydrogens is 391 g/mol. The van der Waals surface area contributed by atoms with E-state index in [1.165, 1.54) is 24.1 Å². The summed E-state index contributed by atoms with van der Waals surface area (Å²) in [5.74, 6) is -0.786. The van der Waals surface area contributed by atoms with Gasteiger partial charge in [0.15, 0.2) is 0 Å². The van der Waals surface area contributed by atoms with Crippen LogP contribution in [0.1, 0.15) is 24.1 Å². The number of fused-ring (bicyclic) bond motifs is 1. The number of carboxylic acids is 1. The number of carbonyl (C=O) groups is 1. The van der Waals surface area contributed by atoms with Gasteiger partial charge in [0.1, 0.15) is 5.82 Å². The van der Waals surface area contributed by atoms with Gasteiger partial charge in [0.25, 0.3) is 0 Å². The van der Waals surface area contributed by atoms with Gasteiger partial charge in [0.2, 0.25) is 5.95 Å². The number of carboxylic acid groups (broad SMARTS) is 1. The Balaban J connectivity index is 0.000000298. The number of hydrogen-bond donors (Lipinski definition) is 2. The van der Waals surface area contributed by atoms with Gasteiger partial charge in [-0.25, -0.2) is 9.78 Å². The van der Waals surface area contributed by atoms with Crippen molar-refractivity contribution in [2.75, 3.05) is 56.7 Å². The zero-order valence-corrected chi connectivity index (χ0v) is 16.3. The minimum atomic E-state index is -5.08. The Kier molecular flexibility index (Phi) is 6.78. The number of nitrogens with zero attached hydrogens (tertiary/aromatic N) is 4. The molecule has 1 saturated carbocycles. The van der Waals surface area contributed by atoms with Crippen molar-refractivity contribution in [3.63, 3.8) is 0 Å². The van der Waals surface area contributed by atoms with E-state index in [2.05, 4.69) is 22.2 Å². The molecule has 8 nitrogen and oxygen atoms in total. The molecule has 0 aromatic carbocycles. The molecule has 1 saturated heterocycles. The van der Waals surface area contributed by atoms with Crippen LogP contribution in [0.15, 0.2) is 0 Å². The van der Waals surface area contributed by atoms with E-state index in [0.29, 0.717) is 6.04 Å².